The minimum Gasteiger partial charge on any atom is -0.311 e. The fourth-order valence-electron chi connectivity index (χ4n) is 8.18. The summed E-state index contributed by atoms with van der Waals surface area (Å²) in [7, 11) is 0. The lowest BCUT2D eigenvalue weighted by atomic mass is 9.99. The van der Waals surface area contributed by atoms with Crippen LogP contribution >= 0.6 is 0 Å². The fourth-order valence-corrected chi connectivity index (χ4v) is 8.18. The highest BCUT2D eigenvalue weighted by molar-refractivity contribution is 5.99. The van der Waals surface area contributed by atoms with Gasteiger partial charge in [-0.05, 0) is 117 Å². The molecule has 0 saturated heterocycles. The number of rotatable bonds is 10. The number of benzene rings is 10. The average Bonchev–Trinajstić information content (AvgIpc) is 3.34. The van der Waals surface area contributed by atoms with E-state index in [1.165, 1.54) is 55.3 Å². The van der Waals surface area contributed by atoms with Crippen molar-refractivity contribution < 1.29 is 0 Å². The first-order valence-electron chi connectivity index (χ1n) is 20.5. The van der Waals surface area contributed by atoms with E-state index in [-0.39, 0.29) is 0 Å². The van der Waals surface area contributed by atoms with Crippen molar-refractivity contribution in [2.24, 2.45) is 0 Å². The summed E-state index contributed by atoms with van der Waals surface area (Å²) in [4.78, 5) is 4.68. The zero-order valence-corrected chi connectivity index (χ0v) is 33.1. The third-order valence-corrected chi connectivity index (χ3v) is 11.3. The molecule has 0 bridgehead atoms. The Labute approximate surface area is 352 Å². The second-order valence-corrected chi connectivity index (χ2v) is 15.0. The van der Waals surface area contributed by atoms with Crippen molar-refractivity contribution in [3.63, 3.8) is 0 Å². The third-order valence-electron chi connectivity index (χ3n) is 11.3. The maximum absolute atomic E-state index is 2.35. The minimum absolute atomic E-state index is 1.10. The van der Waals surface area contributed by atoms with Crippen LogP contribution in [0.15, 0.2) is 255 Å². The normalized spacial score (nSPS) is 11.0. The van der Waals surface area contributed by atoms with Gasteiger partial charge in [-0.3, -0.25) is 0 Å². The Morgan fingerprint density at radius 2 is 0.467 bits per heavy atom. The molecule has 2 nitrogen and oxygen atoms in total. The Bertz CT molecular complexity index is 2870. The van der Waals surface area contributed by atoms with Crippen molar-refractivity contribution in [2.75, 3.05) is 9.80 Å². The molecule has 60 heavy (non-hydrogen) atoms. The maximum Gasteiger partial charge on any atom is 0.0540 e. The summed E-state index contributed by atoms with van der Waals surface area (Å²) < 4.78 is 0. The molecule has 2 heteroatoms. The van der Waals surface area contributed by atoms with Gasteiger partial charge in [0.2, 0.25) is 0 Å². The van der Waals surface area contributed by atoms with E-state index in [1.807, 2.05) is 0 Å². The number of hydrogen-bond acceptors (Lipinski definition) is 2. The molecule has 0 radical (unpaired) electrons. The molecule has 0 amide bonds. The van der Waals surface area contributed by atoms with Gasteiger partial charge < -0.3 is 9.80 Å². The van der Waals surface area contributed by atoms with Gasteiger partial charge in [0.05, 0.1) is 5.69 Å². The lowest BCUT2D eigenvalue weighted by Crippen LogP contribution is -2.10. The summed E-state index contributed by atoms with van der Waals surface area (Å²) in [6.07, 6.45) is 0. The van der Waals surface area contributed by atoms with Gasteiger partial charge in [-0.25, -0.2) is 0 Å². The van der Waals surface area contributed by atoms with Crippen LogP contribution in [0.2, 0.25) is 0 Å². The van der Waals surface area contributed by atoms with Crippen molar-refractivity contribution in [1.29, 1.82) is 0 Å². The van der Waals surface area contributed by atoms with Crippen LogP contribution in [0.4, 0.5) is 34.1 Å². The largest absolute Gasteiger partial charge is 0.311 e. The Morgan fingerprint density at radius 1 is 0.183 bits per heavy atom. The van der Waals surface area contributed by atoms with Crippen LogP contribution < -0.4 is 9.80 Å². The predicted octanol–water partition coefficient (Wildman–Crippen LogP) is 16.4. The molecule has 284 valence electrons. The topological polar surface area (TPSA) is 6.48 Å². The third kappa shape index (κ3) is 7.46. The van der Waals surface area contributed by atoms with Crippen LogP contribution in [-0.2, 0) is 0 Å². The first-order chi connectivity index (χ1) is 29.7. The lowest BCUT2D eigenvalue weighted by molar-refractivity contribution is 1.28. The van der Waals surface area contributed by atoms with Crippen molar-refractivity contribution in [3.05, 3.63) is 255 Å². The van der Waals surface area contributed by atoms with E-state index in [0.717, 1.165) is 34.1 Å². The summed E-state index contributed by atoms with van der Waals surface area (Å²) >= 11 is 0. The van der Waals surface area contributed by atoms with Crippen LogP contribution in [0, 0.1) is 0 Å². The molecule has 0 aliphatic carbocycles. The van der Waals surface area contributed by atoms with Crippen molar-refractivity contribution in [3.8, 4) is 44.5 Å². The SMILES string of the molecule is c1ccc(-c2ccc(N(c3ccc(-c4ccccc4)cc3)c3ccc(-c4ccc(-c5ccc(N(c6ccccc6)c6cccc7ccccc67)cc5)cc4)cc3)cc2)cc1. The maximum atomic E-state index is 2.35. The first-order valence-corrected chi connectivity index (χ1v) is 20.5. The van der Waals surface area contributed by atoms with Crippen LogP contribution in [-0.4, -0.2) is 0 Å². The summed E-state index contributed by atoms with van der Waals surface area (Å²) in [5.74, 6) is 0. The van der Waals surface area contributed by atoms with Crippen LogP contribution in [0.1, 0.15) is 0 Å². The molecule has 0 spiro atoms. The van der Waals surface area contributed by atoms with Gasteiger partial charge in [0.15, 0.2) is 0 Å². The second kappa shape index (κ2) is 16.5. The molecule has 0 unspecified atom stereocenters. The molecule has 0 N–H and O–H groups in total. The molecule has 0 heterocycles. The number of nitrogens with zero attached hydrogens (tertiary/aromatic N) is 2. The quantitative estimate of drug-likeness (QED) is 0.137. The summed E-state index contributed by atoms with van der Waals surface area (Å²) in [6, 6.07) is 91.3. The van der Waals surface area contributed by atoms with Gasteiger partial charge >= 0.3 is 0 Å². The number of anilines is 6. The van der Waals surface area contributed by atoms with Gasteiger partial charge in [-0.15, -0.1) is 0 Å². The molecule has 0 aliphatic rings. The lowest BCUT2D eigenvalue weighted by Gasteiger charge is -2.27. The summed E-state index contributed by atoms with van der Waals surface area (Å²) in [5.41, 5.74) is 16.2. The molecule has 0 fully saturated rings. The standard InChI is InChI=1S/C58H42N2/c1-4-13-43(14-5-1)47-27-35-53(36-28-47)59(54-37-29-48(30-38-54)44-15-6-2-7-16-44)55-39-31-49(32-40-55)45-23-25-46(26-24-45)50-33-41-56(42-34-50)60(52-19-8-3-9-20-52)58-22-12-18-51-17-10-11-21-57(51)58/h1-42H. The zero-order chi connectivity index (χ0) is 40.1. The Morgan fingerprint density at radius 3 is 0.883 bits per heavy atom. The Hall–Kier alpha value is -7.94. The highest BCUT2D eigenvalue weighted by Crippen LogP contribution is 2.41. The number of fused-ring (bicyclic) bond motifs is 1. The molecule has 10 aromatic rings. The van der Waals surface area contributed by atoms with Gasteiger partial charge in [0.25, 0.3) is 0 Å². The monoisotopic (exact) mass is 766 g/mol. The van der Waals surface area contributed by atoms with E-state index in [9.17, 15) is 0 Å². The Kier molecular flexibility index (Phi) is 10.0. The summed E-state index contributed by atoms with van der Waals surface area (Å²) in [5, 5.41) is 2.45. The molecular weight excluding hydrogens is 725 g/mol. The molecule has 0 aliphatic heterocycles. The molecule has 0 atom stereocenters. The molecule has 0 saturated carbocycles. The van der Waals surface area contributed by atoms with Crippen molar-refractivity contribution in [2.45, 2.75) is 0 Å². The molecule has 10 aromatic carbocycles. The van der Waals surface area contributed by atoms with Gasteiger partial charge in [-0.2, -0.15) is 0 Å². The van der Waals surface area contributed by atoms with E-state index in [4.69, 9.17) is 0 Å². The van der Waals surface area contributed by atoms with E-state index < -0.39 is 0 Å². The fraction of sp³-hybridized carbons (Fsp3) is 0. The smallest absolute Gasteiger partial charge is 0.0540 e. The minimum atomic E-state index is 1.10. The van der Waals surface area contributed by atoms with Crippen LogP contribution in [0.5, 0.6) is 0 Å². The van der Waals surface area contributed by atoms with E-state index >= 15 is 0 Å². The number of para-hydroxylation sites is 1. The average molecular weight is 767 g/mol. The van der Waals surface area contributed by atoms with Gasteiger partial charge in [-0.1, -0.05) is 188 Å². The number of hydrogen-bond donors (Lipinski definition) is 0. The first kappa shape index (κ1) is 36.4. The van der Waals surface area contributed by atoms with E-state index in [1.54, 1.807) is 0 Å². The van der Waals surface area contributed by atoms with Crippen molar-refractivity contribution in [1.82, 2.24) is 0 Å². The molecule has 0 aromatic heterocycles. The highest BCUT2D eigenvalue weighted by Gasteiger charge is 2.16. The van der Waals surface area contributed by atoms with Crippen molar-refractivity contribution >= 4 is 44.9 Å². The predicted molar refractivity (Wildman–Crippen MR) is 255 cm³/mol. The van der Waals surface area contributed by atoms with Gasteiger partial charge in [0.1, 0.15) is 0 Å². The second-order valence-electron chi connectivity index (χ2n) is 15.0. The van der Waals surface area contributed by atoms with E-state index in [2.05, 4.69) is 265 Å². The van der Waals surface area contributed by atoms with Gasteiger partial charge in [0, 0.05) is 33.8 Å². The summed E-state index contributed by atoms with van der Waals surface area (Å²) in [6.45, 7) is 0. The molecule has 10 rings (SSSR count). The van der Waals surface area contributed by atoms with Crippen LogP contribution in [0.3, 0.4) is 0 Å². The van der Waals surface area contributed by atoms with Crippen LogP contribution in [0.25, 0.3) is 55.3 Å². The molecular formula is C58H42N2. The highest BCUT2D eigenvalue weighted by atomic mass is 15.1. The zero-order valence-electron chi connectivity index (χ0n) is 33.1. The Balaban J connectivity index is 0.920. The van der Waals surface area contributed by atoms with E-state index in [0.29, 0.717) is 0 Å².